The molecule has 1 saturated heterocycles. The Balaban J connectivity index is 1.45. The molecule has 0 saturated carbocycles. The number of aryl methyl sites for hydroxylation is 2. The first-order valence-corrected chi connectivity index (χ1v) is 9.38. The molecular weight excluding hydrogens is 336 g/mol. The van der Waals surface area contributed by atoms with E-state index in [4.69, 9.17) is 4.74 Å². The summed E-state index contributed by atoms with van der Waals surface area (Å²) in [6, 6.07) is 5.70. The highest BCUT2D eigenvalue weighted by molar-refractivity contribution is 8.00. The number of nitrogens with zero attached hydrogens (tertiary/aromatic N) is 4. The molecule has 6 nitrogen and oxygen atoms in total. The summed E-state index contributed by atoms with van der Waals surface area (Å²) in [4.78, 5) is 27.9. The zero-order valence-corrected chi connectivity index (χ0v) is 15.3. The Bertz CT molecular complexity index is 698. The van der Waals surface area contributed by atoms with Crippen LogP contribution >= 0.6 is 11.8 Å². The van der Waals surface area contributed by atoms with E-state index in [1.807, 2.05) is 36.9 Å². The van der Waals surface area contributed by atoms with Crippen LogP contribution in [0.2, 0.25) is 0 Å². The summed E-state index contributed by atoms with van der Waals surface area (Å²) in [6.45, 7) is 5.25. The molecule has 0 aromatic carbocycles. The van der Waals surface area contributed by atoms with Gasteiger partial charge in [-0.25, -0.2) is 4.98 Å². The van der Waals surface area contributed by atoms with E-state index < -0.39 is 0 Å². The fourth-order valence-electron chi connectivity index (χ4n) is 2.81. The SMILES string of the molecule is Cc1cc(OC2CCN(C(=O)CSc3ccncc3)CC2)nc(C)n1. The smallest absolute Gasteiger partial charge is 0.232 e. The van der Waals surface area contributed by atoms with Gasteiger partial charge in [-0.05, 0) is 26.0 Å². The molecule has 1 aliphatic heterocycles. The van der Waals surface area contributed by atoms with Gasteiger partial charge in [0, 0.05) is 55.0 Å². The van der Waals surface area contributed by atoms with Gasteiger partial charge in [-0.2, -0.15) is 4.98 Å². The summed E-state index contributed by atoms with van der Waals surface area (Å²) >= 11 is 1.55. The van der Waals surface area contributed by atoms with E-state index >= 15 is 0 Å². The fourth-order valence-corrected chi connectivity index (χ4v) is 3.59. The number of rotatable bonds is 5. The summed E-state index contributed by atoms with van der Waals surface area (Å²) in [5, 5.41) is 0. The molecule has 0 spiro atoms. The number of carbonyl (C=O) groups is 1. The fraction of sp³-hybridized carbons (Fsp3) is 0.444. The molecular formula is C18H22N4O2S. The minimum atomic E-state index is 0.102. The number of pyridine rings is 1. The average molecular weight is 358 g/mol. The largest absolute Gasteiger partial charge is 0.474 e. The quantitative estimate of drug-likeness (QED) is 0.766. The normalized spacial score (nSPS) is 15.2. The van der Waals surface area contributed by atoms with Gasteiger partial charge in [0.15, 0.2) is 0 Å². The Hall–Kier alpha value is -2.15. The number of carbonyl (C=O) groups excluding carboxylic acids is 1. The van der Waals surface area contributed by atoms with E-state index in [1.165, 1.54) is 0 Å². The molecule has 0 atom stereocenters. The topological polar surface area (TPSA) is 68.2 Å². The molecule has 1 aliphatic rings. The Morgan fingerprint density at radius 3 is 2.64 bits per heavy atom. The molecule has 2 aromatic rings. The number of hydrogen-bond acceptors (Lipinski definition) is 6. The van der Waals surface area contributed by atoms with Crippen molar-refractivity contribution in [3.8, 4) is 5.88 Å². The molecule has 3 rings (SSSR count). The Morgan fingerprint density at radius 1 is 1.24 bits per heavy atom. The Kier molecular flexibility index (Phi) is 5.86. The molecule has 25 heavy (non-hydrogen) atoms. The molecule has 2 aromatic heterocycles. The van der Waals surface area contributed by atoms with Crippen molar-refractivity contribution in [1.29, 1.82) is 0 Å². The number of piperidine rings is 1. The lowest BCUT2D eigenvalue weighted by Crippen LogP contribution is -2.42. The van der Waals surface area contributed by atoms with Gasteiger partial charge in [-0.1, -0.05) is 0 Å². The van der Waals surface area contributed by atoms with Crippen LogP contribution in [0.1, 0.15) is 24.4 Å². The zero-order chi connectivity index (χ0) is 17.6. The molecule has 0 aliphatic carbocycles. The van der Waals surface area contributed by atoms with Crippen LogP contribution in [0.4, 0.5) is 0 Å². The number of hydrogen-bond donors (Lipinski definition) is 0. The van der Waals surface area contributed by atoms with E-state index in [2.05, 4.69) is 15.0 Å². The van der Waals surface area contributed by atoms with Gasteiger partial charge in [0.25, 0.3) is 0 Å². The maximum Gasteiger partial charge on any atom is 0.232 e. The lowest BCUT2D eigenvalue weighted by atomic mass is 10.1. The van der Waals surface area contributed by atoms with Crippen LogP contribution in [0.25, 0.3) is 0 Å². The highest BCUT2D eigenvalue weighted by Gasteiger charge is 2.24. The van der Waals surface area contributed by atoms with E-state index in [-0.39, 0.29) is 12.0 Å². The zero-order valence-electron chi connectivity index (χ0n) is 14.5. The molecule has 0 bridgehead atoms. The Morgan fingerprint density at radius 2 is 1.96 bits per heavy atom. The maximum absolute atomic E-state index is 12.4. The molecule has 1 fully saturated rings. The first kappa shape index (κ1) is 17.7. The molecule has 3 heterocycles. The second-order valence-electron chi connectivity index (χ2n) is 6.06. The van der Waals surface area contributed by atoms with Gasteiger partial charge >= 0.3 is 0 Å². The number of ether oxygens (including phenoxy) is 1. The monoisotopic (exact) mass is 358 g/mol. The molecule has 0 radical (unpaired) electrons. The standard InChI is InChI=1S/C18H22N4O2S/c1-13-11-17(21-14(2)20-13)24-15-5-9-22(10-6-15)18(23)12-25-16-3-7-19-8-4-16/h3-4,7-8,11,15H,5-6,9-10,12H2,1-2H3. The third kappa shape index (κ3) is 5.16. The van der Waals surface area contributed by atoms with E-state index in [0.717, 1.165) is 42.3 Å². The molecule has 0 unspecified atom stereocenters. The predicted octanol–water partition coefficient (Wildman–Crippen LogP) is 2.65. The van der Waals surface area contributed by atoms with Crippen molar-refractivity contribution in [3.63, 3.8) is 0 Å². The first-order chi connectivity index (χ1) is 12.1. The van der Waals surface area contributed by atoms with Crippen LogP contribution < -0.4 is 4.74 Å². The van der Waals surface area contributed by atoms with Crippen LogP contribution in [-0.2, 0) is 4.79 Å². The van der Waals surface area contributed by atoms with Gasteiger partial charge in [0.1, 0.15) is 11.9 Å². The number of aromatic nitrogens is 3. The minimum absolute atomic E-state index is 0.102. The second-order valence-corrected chi connectivity index (χ2v) is 7.11. The summed E-state index contributed by atoms with van der Waals surface area (Å²) in [7, 11) is 0. The summed E-state index contributed by atoms with van der Waals surface area (Å²) in [5.74, 6) is 1.98. The highest BCUT2D eigenvalue weighted by atomic mass is 32.2. The van der Waals surface area contributed by atoms with Gasteiger partial charge in [0.2, 0.25) is 11.8 Å². The second kappa shape index (κ2) is 8.29. The van der Waals surface area contributed by atoms with Crippen LogP contribution in [0.5, 0.6) is 5.88 Å². The van der Waals surface area contributed by atoms with Crippen molar-refractivity contribution in [2.75, 3.05) is 18.8 Å². The predicted molar refractivity (Wildman–Crippen MR) is 96.7 cm³/mol. The third-order valence-electron chi connectivity index (χ3n) is 4.04. The van der Waals surface area contributed by atoms with Crippen molar-refractivity contribution in [1.82, 2.24) is 19.9 Å². The first-order valence-electron chi connectivity index (χ1n) is 8.40. The highest BCUT2D eigenvalue weighted by Crippen LogP contribution is 2.21. The van der Waals surface area contributed by atoms with Crippen molar-refractivity contribution >= 4 is 17.7 Å². The molecule has 1 amide bonds. The van der Waals surface area contributed by atoms with E-state index in [1.54, 1.807) is 24.2 Å². The van der Waals surface area contributed by atoms with Crippen LogP contribution in [0, 0.1) is 13.8 Å². The van der Waals surface area contributed by atoms with E-state index in [0.29, 0.717) is 11.6 Å². The van der Waals surface area contributed by atoms with Crippen LogP contribution in [-0.4, -0.2) is 50.7 Å². The summed E-state index contributed by atoms with van der Waals surface area (Å²) in [5.41, 5.74) is 0.906. The van der Waals surface area contributed by atoms with Crippen LogP contribution in [0.3, 0.4) is 0 Å². The van der Waals surface area contributed by atoms with Gasteiger partial charge in [-0.3, -0.25) is 9.78 Å². The van der Waals surface area contributed by atoms with E-state index in [9.17, 15) is 4.79 Å². The Labute approximate surface area is 152 Å². The van der Waals surface area contributed by atoms with Crippen molar-refractivity contribution < 1.29 is 9.53 Å². The minimum Gasteiger partial charge on any atom is -0.474 e. The van der Waals surface area contributed by atoms with Gasteiger partial charge < -0.3 is 9.64 Å². The van der Waals surface area contributed by atoms with Gasteiger partial charge in [0.05, 0.1) is 5.75 Å². The summed E-state index contributed by atoms with van der Waals surface area (Å²) in [6.07, 6.45) is 5.24. The number of amides is 1. The maximum atomic E-state index is 12.4. The van der Waals surface area contributed by atoms with Crippen molar-refractivity contribution in [2.24, 2.45) is 0 Å². The van der Waals surface area contributed by atoms with Crippen molar-refractivity contribution in [3.05, 3.63) is 42.1 Å². The number of thioether (sulfide) groups is 1. The lowest BCUT2D eigenvalue weighted by Gasteiger charge is -2.32. The summed E-state index contributed by atoms with van der Waals surface area (Å²) < 4.78 is 5.97. The molecule has 132 valence electrons. The lowest BCUT2D eigenvalue weighted by molar-refractivity contribution is -0.130. The van der Waals surface area contributed by atoms with Crippen molar-refractivity contribution in [2.45, 2.75) is 37.7 Å². The average Bonchev–Trinajstić information content (AvgIpc) is 2.60. The number of likely N-dealkylation sites (tertiary alicyclic amines) is 1. The molecule has 0 N–H and O–H groups in total. The van der Waals surface area contributed by atoms with Crippen LogP contribution in [0.15, 0.2) is 35.5 Å². The molecule has 7 heteroatoms. The van der Waals surface area contributed by atoms with Gasteiger partial charge in [-0.15, -0.1) is 11.8 Å². The third-order valence-corrected chi connectivity index (χ3v) is 5.03.